The van der Waals surface area contributed by atoms with Gasteiger partial charge in [-0.05, 0) is 17.7 Å². The van der Waals surface area contributed by atoms with Gasteiger partial charge in [0.25, 0.3) is 0 Å². The molecule has 6 heteroatoms. The van der Waals surface area contributed by atoms with Crippen LogP contribution in [0.25, 0.3) is 0 Å². The van der Waals surface area contributed by atoms with Crippen molar-refractivity contribution in [3.05, 3.63) is 34.1 Å². The fourth-order valence-electron chi connectivity index (χ4n) is 1.14. The van der Waals surface area contributed by atoms with Crippen LogP contribution in [0.4, 0.5) is 4.39 Å². The molecular formula is C14H21BrFNO2S. The molecule has 0 saturated heterocycles. The first-order chi connectivity index (χ1) is 9.54. The monoisotopic (exact) mass is 365 g/mol. The molecule has 0 aliphatic rings. The third kappa shape index (κ3) is 9.34. The maximum Gasteiger partial charge on any atom is 0.230 e. The van der Waals surface area contributed by atoms with E-state index in [1.54, 1.807) is 12.1 Å². The Labute approximate surface area is 132 Å². The fraction of sp³-hybridized carbons (Fsp3) is 0.500. The van der Waals surface area contributed by atoms with Gasteiger partial charge < -0.3 is 10.4 Å². The van der Waals surface area contributed by atoms with E-state index < -0.39 is 0 Å². The second kappa shape index (κ2) is 12.2. The second-order valence-corrected chi connectivity index (χ2v) is 5.91. The van der Waals surface area contributed by atoms with Crippen molar-refractivity contribution in [3.8, 4) is 0 Å². The van der Waals surface area contributed by atoms with Crippen LogP contribution in [0.1, 0.15) is 25.8 Å². The number of thioether (sulfide) groups is 1. The van der Waals surface area contributed by atoms with Gasteiger partial charge in [0.05, 0.1) is 12.4 Å². The zero-order chi connectivity index (χ0) is 15.4. The van der Waals surface area contributed by atoms with E-state index in [4.69, 9.17) is 5.11 Å². The molecule has 0 aliphatic carbocycles. The zero-order valence-electron chi connectivity index (χ0n) is 11.8. The molecule has 0 aromatic heterocycles. The molecule has 1 aromatic carbocycles. The first kappa shape index (κ1) is 19.4. The molecular weight excluding hydrogens is 345 g/mol. The Hall–Kier alpha value is -0.590. The Balaban J connectivity index is 0.00000110. The SMILES string of the molecule is CCC.O=C(CSCc1ccc(Br)cc1F)NCCO. The molecule has 0 heterocycles. The van der Waals surface area contributed by atoms with E-state index in [0.29, 0.717) is 15.8 Å². The molecule has 114 valence electrons. The summed E-state index contributed by atoms with van der Waals surface area (Å²) in [5.41, 5.74) is 0.577. The van der Waals surface area contributed by atoms with Crippen LogP contribution in [-0.4, -0.2) is 29.9 Å². The maximum absolute atomic E-state index is 13.4. The van der Waals surface area contributed by atoms with Gasteiger partial charge in [0.2, 0.25) is 5.91 Å². The highest BCUT2D eigenvalue weighted by atomic mass is 79.9. The highest BCUT2D eigenvalue weighted by Crippen LogP contribution is 2.19. The lowest BCUT2D eigenvalue weighted by Crippen LogP contribution is -2.27. The van der Waals surface area contributed by atoms with Crippen molar-refractivity contribution >= 4 is 33.6 Å². The molecule has 1 aromatic rings. The summed E-state index contributed by atoms with van der Waals surface area (Å²) in [7, 11) is 0. The van der Waals surface area contributed by atoms with Crippen molar-refractivity contribution in [1.29, 1.82) is 0 Å². The van der Waals surface area contributed by atoms with E-state index in [1.807, 2.05) is 0 Å². The molecule has 0 radical (unpaired) electrons. The number of carbonyl (C=O) groups is 1. The quantitative estimate of drug-likeness (QED) is 0.812. The van der Waals surface area contributed by atoms with Crippen LogP contribution in [0.3, 0.4) is 0 Å². The fourth-order valence-corrected chi connectivity index (χ4v) is 2.32. The standard InChI is InChI=1S/C11H13BrFNO2S.C3H8/c12-9-2-1-8(10(13)5-9)6-17-7-11(16)14-3-4-15;1-3-2/h1-2,5,15H,3-4,6-7H2,(H,14,16);3H2,1-2H3. The lowest BCUT2D eigenvalue weighted by atomic mass is 10.2. The highest BCUT2D eigenvalue weighted by Gasteiger charge is 2.05. The maximum atomic E-state index is 13.4. The van der Waals surface area contributed by atoms with Crippen molar-refractivity contribution in [2.24, 2.45) is 0 Å². The Morgan fingerprint density at radius 2 is 2.10 bits per heavy atom. The van der Waals surface area contributed by atoms with E-state index in [1.165, 1.54) is 24.2 Å². The third-order valence-electron chi connectivity index (χ3n) is 1.94. The van der Waals surface area contributed by atoms with Crippen LogP contribution < -0.4 is 5.32 Å². The van der Waals surface area contributed by atoms with Gasteiger partial charge in [-0.25, -0.2) is 4.39 Å². The summed E-state index contributed by atoms with van der Waals surface area (Å²) in [6, 6.07) is 4.87. The molecule has 0 unspecified atom stereocenters. The summed E-state index contributed by atoms with van der Waals surface area (Å²) in [5.74, 6) is 0.283. The van der Waals surface area contributed by atoms with Crippen molar-refractivity contribution in [2.75, 3.05) is 18.9 Å². The number of hydrogen-bond donors (Lipinski definition) is 2. The summed E-state index contributed by atoms with van der Waals surface area (Å²) < 4.78 is 14.1. The Morgan fingerprint density at radius 1 is 1.45 bits per heavy atom. The minimum absolute atomic E-state index is 0.0717. The molecule has 3 nitrogen and oxygen atoms in total. The lowest BCUT2D eigenvalue weighted by molar-refractivity contribution is -0.118. The van der Waals surface area contributed by atoms with Crippen LogP contribution >= 0.6 is 27.7 Å². The molecule has 0 aliphatic heterocycles. The molecule has 2 N–H and O–H groups in total. The first-order valence-corrected chi connectivity index (χ1v) is 8.39. The molecule has 0 atom stereocenters. The summed E-state index contributed by atoms with van der Waals surface area (Å²) >= 11 is 4.52. The number of carbonyl (C=O) groups excluding carboxylic acids is 1. The second-order valence-electron chi connectivity index (χ2n) is 4.01. The zero-order valence-corrected chi connectivity index (χ0v) is 14.2. The molecule has 20 heavy (non-hydrogen) atoms. The molecule has 0 spiro atoms. The highest BCUT2D eigenvalue weighted by molar-refractivity contribution is 9.10. The van der Waals surface area contributed by atoms with Crippen molar-refractivity contribution in [2.45, 2.75) is 26.0 Å². The predicted molar refractivity (Wildman–Crippen MR) is 86.3 cm³/mol. The average Bonchev–Trinajstić information content (AvgIpc) is 2.40. The Bertz CT molecular complexity index is 405. The molecule has 0 saturated carbocycles. The summed E-state index contributed by atoms with van der Waals surface area (Å²) in [6.45, 7) is 4.43. The summed E-state index contributed by atoms with van der Waals surface area (Å²) in [4.78, 5) is 11.2. The smallest absolute Gasteiger partial charge is 0.230 e. The number of hydrogen-bond acceptors (Lipinski definition) is 3. The van der Waals surface area contributed by atoms with Gasteiger partial charge in [0.1, 0.15) is 5.82 Å². The van der Waals surface area contributed by atoms with Crippen LogP contribution in [0.5, 0.6) is 0 Å². The first-order valence-electron chi connectivity index (χ1n) is 6.44. The lowest BCUT2D eigenvalue weighted by Gasteiger charge is -2.04. The molecule has 0 bridgehead atoms. The molecule has 0 fully saturated rings. The Morgan fingerprint density at radius 3 is 2.65 bits per heavy atom. The van der Waals surface area contributed by atoms with Gasteiger partial charge in [-0.15, -0.1) is 11.8 Å². The van der Waals surface area contributed by atoms with E-state index in [2.05, 4.69) is 35.1 Å². The number of nitrogens with one attached hydrogen (secondary N) is 1. The predicted octanol–water partition coefficient (Wildman–Crippen LogP) is 3.35. The van der Waals surface area contributed by atoms with Crippen LogP contribution in [0, 0.1) is 5.82 Å². The van der Waals surface area contributed by atoms with Crippen LogP contribution in [0.15, 0.2) is 22.7 Å². The van der Waals surface area contributed by atoms with Gasteiger partial charge >= 0.3 is 0 Å². The van der Waals surface area contributed by atoms with Crippen LogP contribution in [0.2, 0.25) is 0 Å². The molecule has 1 rings (SSSR count). The van der Waals surface area contributed by atoms with Crippen LogP contribution in [-0.2, 0) is 10.5 Å². The van der Waals surface area contributed by atoms with E-state index >= 15 is 0 Å². The topological polar surface area (TPSA) is 49.3 Å². The van der Waals surface area contributed by atoms with Gasteiger partial charge in [-0.3, -0.25) is 4.79 Å². The van der Waals surface area contributed by atoms with E-state index in [-0.39, 0.29) is 30.6 Å². The van der Waals surface area contributed by atoms with Gasteiger partial charge in [-0.1, -0.05) is 42.3 Å². The van der Waals surface area contributed by atoms with Gasteiger partial charge in [0, 0.05) is 16.8 Å². The van der Waals surface area contributed by atoms with Crippen molar-refractivity contribution in [3.63, 3.8) is 0 Å². The minimum atomic E-state index is -0.275. The van der Waals surface area contributed by atoms with Crippen molar-refractivity contribution in [1.82, 2.24) is 5.32 Å². The molecule has 1 amide bonds. The number of aliphatic hydroxyl groups excluding tert-OH is 1. The number of amides is 1. The summed E-state index contributed by atoms with van der Waals surface area (Å²) in [5, 5.41) is 11.0. The van der Waals surface area contributed by atoms with Gasteiger partial charge in [0.15, 0.2) is 0 Å². The average molecular weight is 366 g/mol. The number of rotatable bonds is 6. The number of aliphatic hydroxyl groups is 1. The third-order valence-corrected chi connectivity index (χ3v) is 3.41. The summed E-state index contributed by atoms with van der Waals surface area (Å²) in [6.07, 6.45) is 1.25. The van der Waals surface area contributed by atoms with Gasteiger partial charge in [-0.2, -0.15) is 0 Å². The number of halogens is 2. The minimum Gasteiger partial charge on any atom is -0.395 e. The van der Waals surface area contributed by atoms with E-state index in [9.17, 15) is 9.18 Å². The Kier molecular flexibility index (Phi) is 11.8. The van der Waals surface area contributed by atoms with Crippen molar-refractivity contribution < 1.29 is 14.3 Å². The largest absolute Gasteiger partial charge is 0.395 e. The number of benzene rings is 1. The normalized spacial score (nSPS) is 9.65. The van der Waals surface area contributed by atoms with E-state index in [0.717, 1.165) is 0 Å².